The van der Waals surface area contributed by atoms with Crippen LogP contribution in [0.3, 0.4) is 0 Å². The summed E-state index contributed by atoms with van der Waals surface area (Å²) in [7, 11) is 3.56. The predicted molar refractivity (Wildman–Crippen MR) is 82.4 cm³/mol. The van der Waals surface area contributed by atoms with Crippen LogP contribution in [0.1, 0.15) is 38.2 Å². The van der Waals surface area contributed by atoms with Gasteiger partial charge in [-0.25, -0.2) is 0 Å². The predicted octanol–water partition coefficient (Wildman–Crippen LogP) is 3.18. The van der Waals surface area contributed by atoms with Gasteiger partial charge < -0.3 is 14.8 Å². The van der Waals surface area contributed by atoms with Crippen molar-refractivity contribution < 1.29 is 9.47 Å². The summed E-state index contributed by atoms with van der Waals surface area (Å²) in [5.74, 6) is 0.918. The van der Waals surface area contributed by atoms with Crippen LogP contribution in [-0.2, 0) is 11.2 Å². The van der Waals surface area contributed by atoms with E-state index in [1.807, 2.05) is 19.2 Å². The number of hydrogen-bond acceptors (Lipinski definition) is 3. The van der Waals surface area contributed by atoms with E-state index in [1.165, 1.54) is 24.8 Å². The lowest BCUT2D eigenvalue weighted by Gasteiger charge is -2.43. The van der Waals surface area contributed by atoms with Crippen molar-refractivity contribution in [2.24, 2.45) is 0 Å². The number of likely N-dealkylation sites (N-methyl/N-ethyl adjacent to an activating group) is 1. The number of methoxy groups -OCH3 is 2. The van der Waals surface area contributed by atoms with E-state index in [-0.39, 0.29) is 5.60 Å². The van der Waals surface area contributed by atoms with Crippen molar-refractivity contribution in [2.75, 3.05) is 20.8 Å². The van der Waals surface area contributed by atoms with Crippen LogP contribution in [-0.4, -0.2) is 32.4 Å². The lowest BCUT2D eigenvalue weighted by molar-refractivity contribution is -0.0833. The molecule has 1 N–H and O–H groups in total. The first-order valence-electron chi connectivity index (χ1n) is 7.63. The normalized spacial score (nSPS) is 18.4. The second kappa shape index (κ2) is 7.09. The van der Waals surface area contributed by atoms with Gasteiger partial charge in [0.1, 0.15) is 5.75 Å². The highest BCUT2D eigenvalue weighted by Crippen LogP contribution is 2.39. The third kappa shape index (κ3) is 3.74. The minimum atomic E-state index is 0.124. The van der Waals surface area contributed by atoms with Crippen molar-refractivity contribution in [1.29, 1.82) is 0 Å². The molecule has 3 nitrogen and oxygen atoms in total. The minimum Gasteiger partial charge on any atom is -0.497 e. The fourth-order valence-electron chi connectivity index (χ4n) is 3.06. The second-order valence-corrected chi connectivity index (χ2v) is 5.75. The number of benzene rings is 1. The Hall–Kier alpha value is -1.06. The van der Waals surface area contributed by atoms with Gasteiger partial charge in [-0.2, -0.15) is 0 Å². The molecule has 0 spiro atoms. The summed E-state index contributed by atoms with van der Waals surface area (Å²) in [5, 5.41) is 3.61. The van der Waals surface area contributed by atoms with Crippen LogP contribution in [0.25, 0.3) is 0 Å². The van der Waals surface area contributed by atoms with Gasteiger partial charge in [-0.05, 0) is 56.3 Å². The van der Waals surface area contributed by atoms with Crippen molar-refractivity contribution in [1.82, 2.24) is 5.32 Å². The van der Waals surface area contributed by atoms with Gasteiger partial charge in [0.05, 0.1) is 12.7 Å². The van der Waals surface area contributed by atoms with Gasteiger partial charge in [-0.15, -0.1) is 0 Å². The van der Waals surface area contributed by atoms with Crippen molar-refractivity contribution in [2.45, 2.75) is 50.7 Å². The summed E-state index contributed by atoms with van der Waals surface area (Å²) in [6.45, 7) is 3.17. The smallest absolute Gasteiger partial charge is 0.118 e. The van der Waals surface area contributed by atoms with Gasteiger partial charge in [0.15, 0.2) is 0 Å². The highest BCUT2D eigenvalue weighted by Gasteiger charge is 2.38. The fraction of sp³-hybridized carbons (Fsp3) is 0.647. The Balaban J connectivity index is 1.97. The number of nitrogens with one attached hydrogen (secondary N) is 1. The Bertz CT molecular complexity index is 392. The van der Waals surface area contributed by atoms with E-state index in [9.17, 15) is 0 Å². The van der Waals surface area contributed by atoms with E-state index in [4.69, 9.17) is 9.47 Å². The molecule has 0 amide bonds. The first-order chi connectivity index (χ1) is 9.71. The molecular formula is C17H27NO2. The van der Waals surface area contributed by atoms with Crippen LogP contribution in [0, 0.1) is 0 Å². The van der Waals surface area contributed by atoms with E-state index in [2.05, 4.69) is 24.4 Å². The third-order valence-electron chi connectivity index (χ3n) is 4.45. The van der Waals surface area contributed by atoms with Gasteiger partial charge >= 0.3 is 0 Å². The Morgan fingerprint density at radius 3 is 2.35 bits per heavy atom. The van der Waals surface area contributed by atoms with Crippen molar-refractivity contribution in [3.05, 3.63) is 29.8 Å². The molecule has 1 saturated carbocycles. The number of rotatable bonds is 8. The number of ether oxygens (including phenoxy) is 2. The molecule has 0 radical (unpaired) electrons. The molecule has 2 rings (SSSR count). The molecule has 0 bridgehead atoms. The lowest BCUT2D eigenvalue weighted by Crippen LogP contribution is -2.46. The zero-order valence-electron chi connectivity index (χ0n) is 12.9. The van der Waals surface area contributed by atoms with Gasteiger partial charge in [0.25, 0.3) is 0 Å². The van der Waals surface area contributed by atoms with Crippen LogP contribution >= 0.6 is 0 Å². The van der Waals surface area contributed by atoms with Crippen molar-refractivity contribution in [3.8, 4) is 5.75 Å². The van der Waals surface area contributed by atoms with E-state index < -0.39 is 0 Å². The molecular weight excluding hydrogens is 250 g/mol. The Morgan fingerprint density at radius 2 is 1.90 bits per heavy atom. The molecule has 1 unspecified atom stereocenters. The molecule has 1 fully saturated rings. The van der Waals surface area contributed by atoms with Crippen molar-refractivity contribution in [3.63, 3.8) is 0 Å². The Morgan fingerprint density at radius 1 is 1.20 bits per heavy atom. The van der Waals surface area contributed by atoms with Gasteiger partial charge in [-0.1, -0.05) is 19.1 Å². The maximum absolute atomic E-state index is 5.76. The van der Waals surface area contributed by atoms with Gasteiger partial charge in [-0.3, -0.25) is 0 Å². The van der Waals surface area contributed by atoms with E-state index in [1.54, 1.807) is 7.11 Å². The number of hydrogen-bond donors (Lipinski definition) is 1. The third-order valence-corrected chi connectivity index (χ3v) is 4.45. The molecule has 1 aliphatic carbocycles. The molecule has 1 aromatic rings. The second-order valence-electron chi connectivity index (χ2n) is 5.75. The summed E-state index contributed by atoms with van der Waals surface area (Å²) >= 11 is 0. The molecule has 0 heterocycles. The quantitative estimate of drug-likeness (QED) is 0.791. The molecule has 112 valence electrons. The summed E-state index contributed by atoms with van der Waals surface area (Å²) in [4.78, 5) is 0. The highest BCUT2D eigenvalue weighted by atomic mass is 16.5. The van der Waals surface area contributed by atoms with Crippen molar-refractivity contribution >= 4 is 0 Å². The van der Waals surface area contributed by atoms with Crippen LogP contribution in [0.2, 0.25) is 0 Å². The molecule has 3 heteroatoms. The summed E-state index contributed by atoms with van der Waals surface area (Å²) in [6, 6.07) is 8.86. The largest absolute Gasteiger partial charge is 0.497 e. The molecule has 1 aliphatic rings. The maximum atomic E-state index is 5.76. The lowest BCUT2D eigenvalue weighted by atomic mass is 9.75. The zero-order chi connectivity index (χ0) is 14.4. The Kier molecular flexibility index (Phi) is 5.44. The van der Waals surface area contributed by atoms with E-state index >= 15 is 0 Å². The maximum Gasteiger partial charge on any atom is 0.118 e. The van der Waals surface area contributed by atoms with E-state index in [0.717, 1.165) is 25.1 Å². The van der Waals surface area contributed by atoms with Crippen LogP contribution in [0.15, 0.2) is 24.3 Å². The first-order valence-corrected chi connectivity index (χ1v) is 7.63. The summed E-state index contributed by atoms with van der Waals surface area (Å²) in [6.07, 6.45) is 5.85. The molecule has 1 atom stereocenters. The average molecular weight is 277 g/mol. The monoisotopic (exact) mass is 277 g/mol. The minimum absolute atomic E-state index is 0.124. The summed E-state index contributed by atoms with van der Waals surface area (Å²) in [5.41, 5.74) is 1.47. The molecule has 0 saturated heterocycles. The van der Waals surface area contributed by atoms with Gasteiger partial charge in [0.2, 0.25) is 0 Å². The zero-order valence-corrected chi connectivity index (χ0v) is 12.9. The Labute approximate surface area is 122 Å². The van der Waals surface area contributed by atoms with Crippen LogP contribution in [0.4, 0.5) is 0 Å². The standard InChI is InChI=1S/C17H27NO2/c1-4-18-15(13-17(20-3)10-5-11-17)12-14-6-8-16(19-2)9-7-14/h6-9,15,18H,4-5,10-13H2,1-3H3. The average Bonchev–Trinajstić information content (AvgIpc) is 2.44. The molecule has 20 heavy (non-hydrogen) atoms. The topological polar surface area (TPSA) is 30.5 Å². The van der Waals surface area contributed by atoms with Crippen LogP contribution in [0.5, 0.6) is 5.75 Å². The molecule has 0 aromatic heterocycles. The van der Waals surface area contributed by atoms with E-state index in [0.29, 0.717) is 6.04 Å². The summed E-state index contributed by atoms with van der Waals surface area (Å²) < 4.78 is 11.0. The molecule has 0 aliphatic heterocycles. The van der Waals surface area contributed by atoms with Crippen LogP contribution < -0.4 is 10.1 Å². The fourth-order valence-corrected chi connectivity index (χ4v) is 3.06. The highest BCUT2D eigenvalue weighted by molar-refractivity contribution is 5.27. The molecule has 1 aromatic carbocycles. The first kappa shape index (κ1) is 15.3. The van der Waals surface area contributed by atoms with Gasteiger partial charge in [0, 0.05) is 13.2 Å². The SMILES string of the molecule is CCNC(Cc1ccc(OC)cc1)CC1(OC)CCC1.